The molecule has 2 N–H and O–H groups in total. The fraction of sp³-hybridized carbons (Fsp3) is 0.167. The van der Waals surface area contributed by atoms with Gasteiger partial charge in [-0.1, -0.05) is 24.3 Å². The molecule has 0 spiro atoms. The molecule has 0 bridgehead atoms. The van der Waals surface area contributed by atoms with E-state index >= 15 is 0 Å². The summed E-state index contributed by atoms with van der Waals surface area (Å²) in [5, 5.41) is 15.5. The number of amides is 2. The van der Waals surface area contributed by atoms with Crippen LogP contribution in [0, 0.1) is 22.9 Å². The Morgan fingerprint density at radius 3 is 2.54 bits per heavy atom. The second-order valence-electron chi connectivity index (χ2n) is 5.60. The Balaban J connectivity index is 1.85. The molecule has 0 aliphatic carbocycles. The first-order valence-corrected chi connectivity index (χ1v) is 8.01. The summed E-state index contributed by atoms with van der Waals surface area (Å²) in [6.45, 7) is 0.289. The first-order chi connectivity index (χ1) is 13.3. The van der Waals surface area contributed by atoms with Crippen LogP contribution in [0.4, 0.5) is 15.8 Å². The zero-order valence-electron chi connectivity index (χ0n) is 14.7. The van der Waals surface area contributed by atoms with Crippen LogP contribution in [0.2, 0.25) is 0 Å². The summed E-state index contributed by atoms with van der Waals surface area (Å²) in [7, 11) is 0. The molecule has 0 aliphatic heterocycles. The summed E-state index contributed by atoms with van der Waals surface area (Å²) in [6.07, 6.45) is 0. The van der Waals surface area contributed by atoms with E-state index in [1.54, 1.807) is 13.0 Å². The standard InChI is InChI=1S/C18H16FN3O6/c1-11-5-4-8-14(22(26)27)17(11)21-15(23)10-28-16(24)9-20-18(25)12-6-2-3-7-13(12)19/h2-8H,9-10H2,1H3,(H,20,25)(H,21,23). The second kappa shape index (κ2) is 9.21. The Kier molecular flexibility index (Phi) is 6.74. The summed E-state index contributed by atoms with van der Waals surface area (Å²) in [5.74, 6) is -3.27. The molecular formula is C18H16FN3O6. The third kappa shape index (κ3) is 5.34. The molecule has 0 fully saturated rings. The lowest BCUT2D eigenvalue weighted by molar-refractivity contribution is -0.384. The van der Waals surface area contributed by atoms with Crippen LogP contribution in [-0.4, -0.2) is 35.9 Å². The second-order valence-corrected chi connectivity index (χ2v) is 5.60. The number of carbonyl (C=O) groups is 3. The van der Waals surface area contributed by atoms with Crippen molar-refractivity contribution >= 4 is 29.2 Å². The smallest absolute Gasteiger partial charge is 0.325 e. The quantitative estimate of drug-likeness (QED) is 0.423. The van der Waals surface area contributed by atoms with Crippen LogP contribution in [0.3, 0.4) is 0 Å². The van der Waals surface area contributed by atoms with E-state index in [1.165, 1.54) is 30.3 Å². The van der Waals surface area contributed by atoms with Crippen LogP contribution < -0.4 is 10.6 Å². The number of benzene rings is 2. The normalized spacial score (nSPS) is 10.1. The van der Waals surface area contributed by atoms with Crippen molar-refractivity contribution < 1.29 is 28.4 Å². The number of carbonyl (C=O) groups excluding carboxylic acids is 3. The molecule has 0 heterocycles. The highest BCUT2D eigenvalue weighted by Crippen LogP contribution is 2.27. The molecule has 9 nitrogen and oxygen atoms in total. The Labute approximate surface area is 158 Å². The maximum atomic E-state index is 13.5. The van der Waals surface area contributed by atoms with Gasteiger partial charge in [0, 0.05) is 6.07 Å². The van der Waals surface area contributed by atoms with Gasteiger partial charge >= 0.3 is 5.97 Å². The van der Waals surface area contributed by atoms with E-state index in [2.05, 4.69) is 10.6 Å². The minimum Gasteiger partial charge on any atom is -0.454 e. The van der Waals surface area contributed by atoms with E-state index < -0.39 is 41.7 Å². The van der Waals surface area contributed by atoms with Crippen molar-refractivity contribution in [1.82, 2.24) is 5.32 Å². The lowest BCUT2D eigenvalue weighted by Crippen LogP contribution is -2.32. The van der Waals surface area contributed by atoms with Crippen LogP contribution in [0.5, 0.6) is 0 Å². The maximum absolute atomic E-state index is 13.5. The number of nitrogens with one attached hydrogen (secondary N) is 2. The van der Waals surface area contributed by atoms with Crippen LogP contribution in [-0.2, 0) is 14.3 Å². The van der Waals surface area contributed by atoms with Crippen molar-refractivity contribution in [2.45, 2.75) is 6.92 Å². The topological polar surface area (TPSA) is 128 Å². The lowest BCUT2D eigenvalue weighted by atomic mass is 10.1. The van der Waals surface area contributed by atoms with Gasteiger partial charge in [-0.3, -0.25) is 24.5 Å². The fourth-order valence-corrected chi connectivity index (χ4v) is 2.23. The van der Waals surface area contributed by atoms with Crippen molar-refractivity contribution in [3.63, 3.8) is 0 Å². The van der Waals surface area contributed by atoms with E-state index in [-0.39, 0.29) is 16.9 Å². The third-order valence-corrected chi connectivity index (χ3v) is 3.59. The van der Waals surface area contributed by atoms with E-state index in [1.807, 2.05) is 0 Å². The number of esters is 1. The average molecular weight is 389 g/mol. The first kappa shape index (κ1) is 20.5. The number of nitro benzene ring substituents is 1. The average Bonchev–Trinajstić information content (AvgIpc) is 2.66. The number of hydrogen-bond donors (Lipinski definition) is 2. The van der Waals surface area contributed by atoms with Gasteiger partial charge in [-0.25, -0.2) is 4.39 Å². The van der Waals surface area contributed by atoms with Crippen molar-refractivity contribution in [2.75, 3.05) is 18.5 Å². The minimum absolute atomic E-state index is 0.00130. The molecule has 0 saturated heterocycles. The molecule has 2 amide bonds. The van der Waals surface area contributed by atoms with E-state index in [4.69, 9.17) is 4.74 Å². The van der Waals surface area contributed by atoms with Crippen molar-refractivity contribution in [3.8, 4) is 0 Å². The van der Waals surface area contributed by atoms with Crippen molar-refractivity contribution in [1.29, 1.82) is 0 Å². The molecule has 0 atom stereocenters. The Bertz CT molecular complexity index is 931. The molecule has 0 aromatic heterocycles. The molecule has 0 saturated carbocycles. The van der Waals surface area contributed by atoms with Gasteiger partial charge in [0.2, 0.25) is 0 Å². The zero-order valence-corrected chi connectivity index (χ0v) is 14.7. The van der Waals surface area contributed by atoms with Gasteiger partial charge in [0.1, 0.15) is 18.0 Å². The molecule has 0 aliphatic rings. The SMILES string of the molecule is Cc1cccc([N+](=O)[O-])c1NC(=O)COC(=O)CNC(=O)c1ccccc1F. The maximum Gasteiger partial charge on any atom is 0.325 e. The largest absolute Gasteiger partial charge is 0.454 e. The van der Waals surface area contributed by atoms with Gasteiger partial charge in [0.15, 0.2) is 6.61 Å². The molecule has 10 heteroatoms. The summed E-state index contributed by atoms with van der Waals surface area (Å²) in [6, 6.07) is 9.51. The van der Waals surface area contributed by atoms with E-state index in [0.717, 1.165) is 6.07 Å². The number of nitrogens with zero attached hydrogens (tertiary/aromatic N) is 1. The minimum atomic E-state index is -0.931. The number of nitro groups is 1. The van der Waals surface area contributed by atoms with Gasteiger partial charge < -0.3 is 15.4 Å². The van der Waals surface area contributed by atoms with Gasteiger partial charge in [0.05, 0.1) is 10.5 Å². The van der Waals surface area contributed by atoms with Gasteiger partial charge in [-0.15, -0.1) is 0 Å². The highest BCUT2D eigenvalue weighted by molar-refractivity contribution is 5.97. The Morgan fingerprint density at radius 1 is 1.14 bits per heavy atom. The predicted octanol–water partition coefficient (Wildman–Crippen LogP) is 1.95. The third-order valence-electron chi connectivity index (χ3n) is 3.59. The van der Waals surface area contributed by atoms with E-state index in [9.17, 15) is 28.9 Å². The monoisotopic (exact) mass is 389 g/mol. The molecule has 2 rings (SSSR count). The molecule has 146 valence electrons. The van der Waals surface area contributed by atoms with Gasteiger partial charge in [0.25, 0.3) is 17.5 Å². The van der Waals surface area contributed by atoms with Gasteiger partial charge in [-0.2, -0.15) is 0 Å². The summed E-state index contributed by atoms with van der Waals surface area (Å²) in [4.78, 5) is 45.7. The number of hydrogen-bond acceptors (Lipinski definition) is 6. The van der Waals surface area contributed by atoms with Crippen LogP contribution in [0.25, 0.3) is 0 Å². The molecular weight excluding hydrogens is 373 g/mol. The van der Waals surface area contributed by atoms with E-state index in [0.29, 0.717) is 5.56 Å². The van der Waals surface area contributed by atoms with Crippen molar-refractivity contribution in [2.24, 2.45) is 0 Å². The van der Waals surface area contributed by atoms with Gasteiger partial charge in [-0.05, 0) is 24.6 Å². The zero-order chi connectivity index (χ0) is 20.7. The lowest BCUT2D eigenvalue weighted by Gasteiger charge is -2.10. The molecule has 0 radical (unpaired) electrons. The van der Waals surface area contributed by atoms with Crippen LogP contribution in [0.15, 0.2) is 42.5 Å². The molecule has 2 aromatic carbocycles. The number of halogens is 1. The molecule has 2 aromatic rings. The number of aryl methyl sites for hydroxylation is 1. The van der Waals surface area contributed by atoms with Crippen LogP contribution in [0.1, 0.15) is 15.9 Å². The number of para-hydroxylation sites is 1. The highest BCUT2D eigenvalue weighted by Gasteiger charge is 2.19. The Hall–Kier alpha value is -3.82. The fourth-order valence-electron chi connectivity index (χ4n) is 2.23. The summed E-state index contributed by atoms with van der Waals surface area (Å²) in [5.41, 5.74) is -0.0656. The number of rotatable bonds is 7. The molecule has 28 heavy (non-hydrogen) atoms. The molecule has 0 unspecified atom stereocenters. The summed E-state index contributed by atoms with van der Waals surface area (Å²) >= 11 is 0. The first-order valence-electron chi connectivity index (χ1n) is 8.01. The predicted molar refractivity (Wildman–Crippen MR) is 96.2 cm³/mol. The summed E-state index contributed by atoms with van der Waals surface area (Å²) < 4.78 is 18.2. The number of anilines is 1. The van der Waals surface area contributed by atoms with Crippen LogP contribution >= 0.6 is 0 Å². The number of ether oxygens (including phenoxy) is 1. The highest BCUT2D eigenvalue weighted by atomic mass is 19.1. The van der Waals surface area contributed by atoms with Crippen molar-refractivity contribution in [3.05, 3.63) is 69.5 Å². The Morgan fingerprint density at radius 2 is 1.86 bits per heavy atom.